The second-order valence-corrected chi connectivity index (χ2v) is 4.77. The normalized spacial score (nSPS) is 11.5. The predicted molar refractivity (Wildman–Crippen MR) is 61.2 cm³/mol. The Morgan fingerprint density at radius 1 is 1.40 bits per heavy atom. The van der Waals surface area contributed by atoms with E-state index in [1.165, 1.54) is 6.33 Å². The van der Waals surface area contributed by atoms with Gasteiger partial charge in [0.1, 0.15) is 11.5 Å². The number of halogens is 1. The summed E-state index contributed by atoms with van der Waals surface area (Å²) in [5.41, 5.74) is 0.173. The van der Waals surface area contributed by atoms with Gasteiger partial charge in [-0.15, -0.1) is 0 Å². The zero-order chi connectivity index (χ0) is 11.3. The lowest BCUT2D eigenvalue weighted by atomic mass is 9.89. The molecule has 1 heterocycles. The Hall–Kier alpha value is -0.830. The molecule has 0 saturated heterocycles. The van der Waals surface area contributed by atoms with E-state index >= 15 is 0 Å². The molecule has 0 aromatic carbocycles. The monoisotopic (exact) mass is 228 g/mol. The first-order valence-electron chi connectivity index (χ1n) is 5.14. The van der Waals surface area contributed by atoms with Gasteiger partial charge in [-0.2, -0.15) is 0 Å². The standard InChI is InChI=1S/C11H17ClN2O/c1-4-5-11(2,3)7-15-10-6-9(12)13-8-14-10/h6,8H,4-5,7H2,1-3H3. The van der Waals surface area contributed by atoms with Crippen molar-refractivity contribution in [1.82, 2.24) is 9.97 Å². The molecule has 1 rings (SSSR count). The Morgan fingerprint density at radius 2 is 2.13 bits per heavy atom. The fraction of sp³-hybridized carbons (Fsp3) is 0.636. The van der Waals surface area contributed by atoms with E-state index in [2.05, 4.69) is 30.7 Å². The molecule has 3 nitrogen and oxygen atoms in total. The maximum absolute atomic E-state index is 5.72. The van der Waals surface area contributed by atoms with Crippen LogP contribution in [0.2, 0.25) is 5.15 Å². The van der Waals surface area contributed by atoms with Crippen molar-refractivity contribution >= 4 is 11.6 Å². The molecule has 0 aliphatic carbocycles. The van der Waals surface area contributed by atoms with Crippen molar-refractivity contribution in [3.63, 3.8) is 0 Å². The highest BCUT2D eigenvalue weighted by atomic mass is 35.5. The van der Waals surface area contributed by atoms with Crippen LogP contribution in [0, 0.1) is 5.41 Å². The van der Waals surface area contributed by atoms with Crippen LogP contribution in [0.5, 0.6) is 5.88 Å². The highest BCUT2D eigenvalue weighted by Gasteiger charge is 2.17. The minimum absolute atomic E-state index is 0.173. The molecule has 0 saturated carbocycles. The quantitative estimate of drug-likeness (QED) is 0.725. The van der Waals surface area contributed by atoms with Crippen molar-refractivity contribution in [3.8, 4) is 5.88 Å². The van der Waals surface area contributed by atoms with E-state index in [4.69, 9.17) is 16.3 Å². The molecule has 84 valence electrons. The van der Waals surface area contributed by atoms with Crippen LogP contribution >= 0.6 is 11.6 Å². The molecule has 1 aromatic rings. The van der Waals surface area contributed by atoms with E-state index < -0.39 is 0 Å². The van der Waals surface area contributed by atoms with Crippen molar-refractivity contribution < 1.29 is 4.74 Å². The summed E-state index contributed by atoms with van der Waals surface area (Å²) >= 11 is 5.72. The molecule has 0 N–H and O–H groups in total. The Morgan fingerprint density at radius 3 is 2.73 bits per heavy atom. The van der Waals surface area contributed by atoms with Gasteiger partial charge in [-0.05, 0) is 11.8 Å². The van der Waals surface area contributed by atoms with Gasteiger partial charge in [-0.25, -0.2) is 9.97 Å². The third-order valence-electron chi connectivity index (χ3n) is 2.15. The van der Waals surface area contributed by atoms with Crippen LogP contribution < -0.4 is 4.74 Å². The second kappa shape index (κ2) is 5.31. The molecule has 0 radical (unpaired) electrons. The summed E-state index contributed by atoms with van der Waals surface area (Å²) in [5.74, 6) is 0.541. The summed E-state index contributed by atoms with van der Waals surface area (Å²) in [6.07, 6.45) is 3.69. The van der Waals surface area contributed by atoms with E-state index in [-0.39, 0.29) is 5.41 Å². The fourth-order valence-corrected chi connectivity index (χ4v) is 1.55. The van der Waals surface area contributed by atoms with Gasteiger partial charge in [0, 0.05) is 6.07 Å². The number of ether oxygens (including phenoxy) is 1. The largest absolute Gasteiger partial charge is 0.477 e. The first kappa shape index (κ1) is 12.2. The molecule has 0 bridgehead atoms. The number of aromatic nitrogens is 2. The minimum Gasteiger partial charge on any atom is -0.477 e. The summed E-state index contributed by atoms with van der Waals surface area (Å²) in [5, 5.41) is 0.410. The Labute approximate surface area is 95.8 Å². The van der Waals surface area contributed by atoms with Crippen LogP contribution in [0.25, 0.3) is 0 Å². The first-order chi connectivity index (χ1) is 7.03. The third-order valence-corrected chi connectivity index (χ3v) is 2.35. The van der Waals surface area contributed by atoms with Gasteiger partial charge in [0.15, 0.2) is 0 Å². The van der Waals surface area contributed by atoms with Crippen molar-refractivity contribution in [3.05, 3.63) is 17.5 Å². The van der Waals surface area contributed by atoms with Gasteiger partial charge in [0.25, 0.3) is 0 Å². The van der Waals surface area contributed by atoms with Crippen LogP contribution in [0.1, 0.15) is 33.6 Å². The fourth-order valence-electron chi connectivity index (χ4n) is 1.41. The predicted octanol–water partition coefficient (Wildman–Crippen LogP) is 3.34. The molecule has 0 aliphatic rings. The SMILES string of the molecule is CCCC(C)(C)COc1cc(Cl)ncn1. The second-order valence-electron chi connectivity index (χ2n) is 4.38. The molecule has 0 fully saturated rings. The molecule has 0 atom stereocenters. The summed E-state index contributed by atoms with van der Waals surface area (Å²) in [4.78, 5) is 7.78. The lowest BCUT2D eigenvalue weighted by molar-refractivity contribution is 0.163. The maximum Gasteiger partial charge on any atom is 0.217 e. The van der Waals surface area contributed by atoms with Crippen LogP contribution in [-0.2, 0) is 0 Å². The van der Waals surface area contributed by atoms with Gasteiger partial charge in [0.2, 0.25) is 5.88 Å². The molecule has 0 unspecified atom stereocenters. The molecule has 15 heavy (non-hydrogen) atoms. The van der Waals surface area contributed by atoms with Crippen molar-refractivity contribution in [2.45, 2.75) is 33.6 Å². The summed E-state index contributed by atoms with van der Waals surface area (Å²) < 4.78 is 5.57. The summed E-state index contributed by atoms with van der Waals surface area (Å²) in [6, 6.07) is 1.63. The van der Waals surface area contributed by atoms with Gasteiger partial charge in [-0.3, -0.25) is 0 Å². The molecular formula is C11H17ClN2O. The number of nitrogens with zero attached hydrogens (tertiary/aromatic N) is 2. The van der Waals surface area contributed by atoms with Gasteiger partial charge in [0.05, 0.1) is 6.61 Å². The van der Waals surface area contributed by atoms with Crippen LogP contribution in [-0.4, -0.2) is 16.6 Å². The highest BCUT2D eigenvalue weighted by molar-refractivity contribution is 6.29. The molecule has 0 amide bonds. The highest BCUT2D eigenvalue weighted by Crippen LogP contribution is 2.23. The Bertz CT molecular complexity index is 315. The Balaban J connectivity index is 2.49. The van der Waals surface area contributed by atoms with Crippen LogP contribution in [0.4, 0.5) is 0 Å². The number of hydrogen-bond acceptors (Lipinski definition) is 3. The van der Waals surface area contributed by atoms with Crippen molar-refractivity contribution in [1.29, 1.82) is 0 Å². The Kier molecular flexibility index (Phi) is 4.33. The van der Waals surface area contributed by atoms with E-state index in [0.717, 1.165) is 12.8 Å². The average molecular weight is 229 g/mol. The molecule has 0 spiro atoms. The zero-order valence-corrected chi connectivity index (χ0v) is 10.2. The summed E-state index contributed by atoms with van der Waals surface area (Å²) in [6.45, 7) is 7.18. The van der Waals surface area contributed by atoms with Gasteiger partial charge in [-0.1, -0.05) is 38.8 Å². The van der Waals surface area contributed by atoms with Gasteiger partial charge >= 0.3 is 0 Å². The van der Waals surface area contributed by atoms with Gasteiger partial charge < -0.3 is 4.74 Å². The molecule has 0 aliphatic heterocycles. The van der Waals surface area contributed by atoms with E-state index in [1.807, 2.05) is 0 Å². The summed E-state index contributed by atoms with van der Waals surface area (Å²) in [7, 11) is 0. The molecule has 4 heteroatoms. The third kappa shape index (κ3) is 4.47. The zero-order valence-electron chi connectivity index (χ0n) is 9.46. The smallest absolute Gasteiger partial charge is 0.217 e. The topological polar surface area (TPSA) is 35.0 Å². The van der Waals surface area contributed by atoms with E-state index in [0.29, 0.717) is 17.6 Å². The number of rotatable bonds is 5. The molecule has 1 aromatic heterocycles. The lowest BCUT2D eigenvalue weighted by Gasteiger charge is -2.23. The van der Waals surface area contributed by atoms with Crippen LogP contribution in [0.3, 0.4) is 0 Å². The average Bonchev–Trinajstić information content (AvgIpc) is 2.15. The van der Waals surface area contributed by atoms with E-state index in [1.54, 1.807) is 6.07 Å². The first-order valence-corrected chi connectivity index (χ1v) is 5.51. The van der Waals surface area contributed by atoms with E-state index in [9.17, 15) is 0 Å². The molecular weight excluding hydrogens is 212 g/mol. The lowest BCUT2D eigenvalue weighted by Crippen LogP contribution is -2.21. The van der Waals surface area contributed by atoms with Crippen LogP contribution in [0.15, 0.2) is 12.4 Å². The maximum atomic E-state index is 5.72. The van der Waals surface area contributed by atoms with Crippen molar-refractivity contribution in [2.75, 3.05) is 6.61 Å². The van der Waals surface area contributed by atoms with Crippen molar-refractivity contribution in [2.24, 2.45) is 5.41 Å². The minimum atomic E-state index is 0.173. The number of hydrogen-bond donors (Lipinski definition) is 0.